The molecule has 146 valence electrons. The van der Waals surface area contributed by atoms with Crippen LogP contribution in [0.4, 0.5) is 0 Å². The van der Waals surface area contributed by atoms with Crippen LogP contribution in [-0.2, 0) is 9.47 Å². The van der Waals surface area contributed by atoms with Crippen molar-refractivity contribution in [2.24, 2.45) is 0 Å². The smallest absolute Gasteiger partial charge is 0.184 e. The zero-order valence-electron chi connectivity index (χ0n) is 16.2. The zero-order chi connectivity index (χ0) is 17.4. The van der Waals surface area contributed by atoms with Crippen molar-refractivity contribution in [3.05, 3.63) is 0 Å². The molecule has 0 unspecified atom stereocenters. The van der Waals surface area contributed by atoms with Crippen molar-refractivity contribution in [3.63, 3.8) is 0 Å². The van der Waals surface area contributed by atoms with Gasteiger partial charge in [0.05, 0.1) is 12.7 Å². The zero-order valence-corrected chi connectivity index (χ0v) is 17.8. The molecule has 0 radical (unpaired) electrons. The molecule has 4 heteroatoms. The van der Waals surface area contributed by atoms with Gasteiger partial charge in [0.15, 0.2) is 4.27 Å². The predicted molar refractivity (Wildman–Crippen MR) is 111 cm³/mol. The lowest BCUT2D eigenvalue weighted by atomic mass is 9.98. The van der Waals surface area contributed by atoms with Gasteiger partial charge in [-0.3, -0.25) is 0 Å². The summed E-state index contributed by atoms with van der Waals surface area (Å²) in [6.07, 6.45) is 21.0. The van der Waals surface area contributed by atoms with Gasteiger partial charge >= 0.3 is 0 Å². The van der Waals surface area contributed by atoms with E-state index in [4.69, 9.17) is 9.47 Å². The molecule has 0 aromatic rings. The molecule has 0 saturated heterocycles. The molecule has 0 aromatic carbocycles. The summed E-state index contributed by atoms with van der Waals surface area (Å²) in [5.74, 6) is 0. The van der Waals surface area contributed by atoms with Crippen LogP contribution in [0, 0.1) is 0 Å². The van der Waals surface area contributed by atoms with Crippen molar-refractivity contribution in [1.29, 1.82) is 0 Å². The first-order valence-electron chi connectivity index (χ1n) is 10.8. The second kappa shape index (κ2) is 10.8. The third-order valence-electron chi connectivity index (χ3n) is 6.02. The first kappa shape index (κ1) is 20.4. The topological polar surface area (TPSA) is 18.5 Å². The molecule has 3 saturated carbocycles. The number of rotatable bonds is 8. The Morgan fingerprint density at radius 1 is 0.680 bits per heavy atom. The van der Waals surface area contributed by atoms with E-state index in [9.17, 15) is 0 Å². The van der Waals surface area contributed by atoms with E-state index in [2.05, 4.69) is 23.5 Å². The summed E-state index contributed by atoms with van der Waals surface area (Å²) in [4.78, 5) is 0. The lowest BCUT2D eigenvalue weighted by molar-refractivity contribution is -0.0366. The largest absolute Gasteiger partial charge is 0.380 e. The number of methoxy groups -OCH3 is 1. The third-order valence-corrected chi connectivity index (χ3v) is 9.35. The summed E-state index contributed by atoms with van der Waals surface area (Å²) in [6.45, 7) is 0.742. The summed E-state index contributed by atoms with van der Waals surface area (Å²) in [5.41, 5.74) is 0. The second-order valence-corrected chi connectivity index (χ2v) is 11.6. The fraction of sp³-hybridized carbons (Fsp3) is 1.00. The minimum atomic E-state index is -0.166. The molecule has 0 heterocycles. The minimum Gasteiger partial charge on any atom is -0.380 e. The van der Waals surface area contributed by atoms with Crippen LogP contribution in [0.3, 0.4) is 0 Å². The van der Waals surface area contributed by atoms with Crippen LogP contribution in [0.25, 0.3) is 0 Å². The Balaban J connectivity index is 1.69. The Hall–Kier alpha value is 0.620. The van der Waals surface area contributed by atoms with Crippen LogP contribution in [0.5, 0.6) is 0 Å². The van der Waals surface area contributed by atoms with Crippen molar-refractivity contribution in [2.45, 2.75) is 117 Å². The lowest BCUT2D eigenvalue weighted by Gasteiger charge is -2.42. The summed E-state index contributed by atoms with van der Waals surface area (Å²) in [7, 11) is 1.86. The minimum absolute atomic E-state index is 0.166. The molecule has 3 aliphatic rings. The first-order valence-corrected chi connectivity index (χ1v) is 12.6. The van der Waals surface area contributed by atoms with Crippen molar-refractivity contribution >= 4 is 23.5 Å². The molecule has 0 aliphatic heterocycles. The highest BCUT2D eigenvalue weighted by Gasteiger charge is 2.41. The summed E-state index contributed by atoms with van der Waals surface area (Å²) in [5, 5.41) is 1.53. The quantitative estimate of drug-likeness (QED) is 0.428. The van der Waals surface area contributed by atoms with Crippen molar-refractivity contribution in [3.8, 4) is 0 Å². The van der Waals surface area contributed by atoms with E-state index in [0.717, 1.165) is 17.1 Å². The molecule has 25 heavy (non-hydrogen) atoms. The fourth-order valence-electron chi connectivity index (χ4n) is 4.67. The Labute approximate surface area is 163 Å². The Bertz CT molecular complexity index is 309. The molecule has 0 N–H and O–H groups in total. The highest BCUT2D eigenvalue weighted by Crippen LogP contribution is 2.50. The van der Waals surface area contributed by atoms with Gasteiger partial charge in [-0.15, -0.1) is 23.5 Å². The molecule has 0 spiro atoms. The molecule has 3 aliphatic carbocycles. The van der Waals surface area contributed by atoms with Crippen molar-refractivity contribution < 1.29 is 9.47 Å². The van der Waals surface area contributed by atoms with Gasteiger partial charge in [-0.05, 0) is 38.5 Å². The standard InChI is InChI=1S/C21H38O2S2/c1-22-17-21(23-18-11-5-2-6-12-18,24-19-13-7-3-8-14-19)25-20-15-9-4-10-16-20/h18-20H,2-17H2,1H3. The third kappa shape index (κ3) is 6.62. The molecule has 0 atom stereocenters. The van der Waals surface area contributed by atoms with Crippen LogP contribution in [-0.4, -0.2) is 34.6 Å². The first-order chi connectivity index (χ1) is 12.3. The van der Waals surface area contributed by atoms with E-state index in [1.165, 1.54) is 96.3 Å². The lowest BCUT2D eigenvalue weighted by Crippen LogP contribution is -2.39. The van der Waals surface area contributed by atoms with E-state index in [-0.39, 0.29) is 4.27 Å². The Morgan fingerprint density at radius 2 is 1.12 bits per heavy atom. The molecule has 2 nitrogen and oxygen atoms in total. The van der Waals surface area contributed by atoms with Gasteiger partial charge in [0.1, 0.15) is 0 Å². The van der Waals surface area contributed by atoms with E-state index in [1.54, 1.807) is 0 Å². The number of thioether (sulfide) groups is 2. The SMILES string of the molecule is COCC(OC1CCCCC1)(SC1CCCCC1)SC1CCCCC1. The molecule has 3 rings (SSSR count). The summed E-state index contributed by atoms with van der Waals surface area (Å²) >= 11 is 4.28. The average Bonchev–Trinajstić information content (AvgIpc) is 2.64. The highest BCUT2D eigenvalue weighted by molar-refractivity contribution is 8.18. The normalized spacial score (nSPS) is 25.3. The molecule has 0 amide bonds. The van der Waals surface area contributed by atoms with Crippen LogP contribution >= 0.6 is 23.5 Å². The van der Waals surface area contributed by atoms with Crippen molar-refractivity contribution in [1.82, 2.24) is 0 Å². The van der Waals surface area contributed by atoms with Gasteiger partial charge in [0.25, 0.3) is 0 Å². The van der Waals surface area contributed by atoms with Gasteiger partial charge < -0.3 is 9.47 Å². The van der Waals surface area contributed by atoms with Gasteiger partial charge in [-0.25, -0.2) is 0 Å². The Kier molecular flexibility index (Phi) is 8.82. The van der Waals surface area contributed by atoms with E-state index >= 15 is 0 Å². The molecule has 3 fully saturated rings. The monoisotopic (exact) mass is 386 g/mol. The van der Waals surface area contributed by atoms with Crippen LogP contribution < -0.4 is 0 Å². The van der Waals surface area contributed by atoms with Crippen molar-refractivity contribution in [2.75, 3.05) is 13.7 Å². The maximum Gasteiger partial charge on any atom is 0.184 e. The molecular formula is C21H38O2S2. The number of hydrogen-bond acceptors (Lipinski definition) is 4. The Morgan fingerprint density at radius 3 is 1.56 bits per heavy atom. The van der Waals surface area contributed by atoms with E-state index in [1.807, 2.05) is 7.11 Å². The van der Waals surface area contributed by atoms with E-state index < -0.39 is 0 Å². The number of hydrogen-bond donors (Lipinski definition) is 0. The molecule has 0 bridgehead atoms. The predicted octanol–water partition coefficient (Wildman–Crippen LogP) is 6.77. The maximum absolute atomic E-state index is 6.93. The van der Waals surface area contributed by atoms with Crippen LogP contribution in [0.2, 0.25) is 0 Å². The van der Waals surface area contributed by atoms with Crippen LogP contribution in [0.1, 0.15) is 96.3 Å². The summed E-state index contributed by atoms with van der Waals surface area (Å²) < 4.78 is 12.5. The van der Waals surface area contributed by atoms with Gasteiger partial charge in [0.2, 0.25) is 0 Å². The maximum atomic E-state index is 6.93. The van der Waals surface area contributed by atoms with Gasteiger partial charge in [-0.1, -0.05) is 57.8 Å². The molecular weight excluding hydrogens is 348 g/mol. The average molecular weight is 387 g/mol. The van der Waals surface area contributed by atoms with Gasteiger partial charge in [0, 0.05) is 17.6 Å². The summed E-state index contributed by atoms with van der Waals surface area (Å²) in [6, 6.07) is 0. The van der Waals surface area contributed by atoms with Crippen LogP contribution in [0.15, 0.2) is 0 Å². The second-order valence-electron chi connectivity index (χ2n) is 8.25. The number of ether oxygens (including phenoxy) is 2. The van der Waals surface area contributed by atoms with E-state index in [0.29, 0.717) is 6.10 Å². The molecule has 0 aromatic heterocycles. The highest BCUT2D eigenvalue weighted by atomic mass is 32.2. The van der Waals surface area contributed by atoms with Gasteiger partial charge in [-0.2, -0.15) is 0 Å². The fourth-order valence-corrected chi connectivity index (χ4v) is 8.62.